The second-order valence-electron chi connectivity index (χ2n) is 3.97. The zero-order valence-corrected chi connectivity index (χ0v) is 9.80. The highest BCUT2D eigenvalue weighted by Crippen LogP contribution is 2.19. The number of rotatable bonds is 5. The lowest BCUT2D eigenvalue weighted by atomic mass is 10.1. The molecule has 2 unspecified atom stereocenters. The van der Waals surface area contributed by atoms with Gasteiger partial charge in [-0.2, -0.15) is 0 Å². The molecule has 0 heterocycles. The minimum atomic E-state index is -1.46. The molecular weight excluding hydrogens is 231 g/mol. The molecule has 17 heavy (non-hydrogen) atoms. The summed E-state index contributed by atoms with van der Waals surface area (Å²) >= 11 is 0. The Morgan fingerprint density at radius 2 is 1.76 bits per heavy atom. The Bertz CT molecular complexity index is 357. The maximum Gasteiger partial charge on any atom is 0.194 e. The topological polar surface area (TPSA) is 32.3 Å². The van der Waals surface area contributed by atoms with E-state index < -0.39 is 17.5 Å². The van der Waals surface area contributed by atoms with Crippen LogP contribution < -0.4 is 5.32 Å². The van der Waals surface area contributed by atoms with E-state index in [0.29, 0.717) is 12.0 Å². The van der Waals surface area contributed by atoms with Crippen LogP contribution in [-0.4, -0.2) is 17.8 Å². The molecule has 5 heteroatoms. The number of hydrogen-bond donors (Lipinski definition) is 2. The summed E-state index contributed by atoms with van der Waals surface area (Å²) in [5, 5.41) is 12.0. The average Bonchev–Trinajstić information content (AvgIpc) is 2.31. The minimum absolute atomic E-state index is 0.0625. The van der Waals surface area contributed by atoms with Crippen molar-refractivity contribution in [2.45, 2.75) is 32.4 Å². The summed E-state index contributed by atoms with van der Waals surface area (Å²) in [6.07, 6.45) is 0.687. The van der Waals surface area contributed by atoms with Gasteiger partial charge in [-0.25, -0.2) is 13.2 Å². The molecule has 0 radical (unpaired) electrons. The molecule has 0 aliphatic carbocycles. The summed E-state index contributed by atoms with van der Waals surface area (Å²) in [6, 6.07) is 1.40. The fraction of sp³-hybridized carbons (Fsp3) is 0.500. The van der Waals surface area contributed by atoms with Gasteiger partial charge in [0, 0.05) is 12.1 Å². The monoisotopic (exact) mass is 247 g/mol. The Balaban J connectivity index is 2.85. The SMILES string of the molecule is CCC(CO)NC(C)c1cc(F)c(F)c(F)c1. The molecule has 2 atom stereocenters. The van der Waals surface area contributed by atoms with Crippen LogP contribution in [0.4, 0.5) is 13.2 Å². The summed E-state index contributed by atoms with van der Waals surface area (Å²) < 4.78 is 38.8. The molecule has 0 aromatic heterocycles. The van der Waals surface area contributed by atoms with Crippen LogP contribution in [0.3, 0.4) is 0 Å². The first-order valence-electron chi connectivity index (χ1n) is 5.50. The van der Waals surface area contributed by atoms with Gasteiger partial charge in [0.15, 0.2) is 17.5 Å². The van der Waals surface area contributed by atoms with Crippen molar-refractivity contribution in [1.82, 2.24) is 5.32 Å². The first kappa shape index (κ1) is 14.0. The molecule has 0 saturated carbocycles. The highest BCUT2D eigenvalue weighted by atomic mass is 19.2. The van der Waals surface area contributed by atoms with E-state index in [0.717, 1.165) is 12.1 Å². The molecule has 0 aliphatic heterocycles. The Labute approximate surface area is 98.5 Å². The van der Waals surface area contributed by atoms with Crippen molar-refractivity contribution in [3.8, 4) is 0 Å². The molecule has 0 aliphatic rings. The Kier molecular flexibility index (Phi) is 4.96. The predicted molar refractivity (Wildman–Crippen MR) is 59.0 cm³/mol. The zero-order valence-electron chi connectivity index (χ0n) is 9.80. The minimum Gasteiger partial charge on any atom is -0.395 e. The number of aliphatic hydroxyl groups excluding tert-OH is 1. The van der Waals surface area contributed by atoms with Crippen LogP contribution in [0, 0.1) is 17.5 Å². The van der Waals surface area contributed by atoms with Crippen molar-refractivity contribution in [2.24, 2.45) is 0 Å². The van der Waals surface area contributed by atoms with Crippen LogP contribution in [0.5, 0.6) is 0 Å². The fourth-order valence-electron chi connectivity index (χ4n) is 1.57. The van der Waals surface area contributed by atoms with Crippen LogP contribution in [0.1, 0.15) is 31.9 Å². The Morgan fingerprint density at radius 1 is 1.24 bits per heavy atom. The van der Waals surface area contributed by atoms with E-state index in [2.05, 4.69) is 5.32 Å². The number of halogens is 3. The van der Waals surface area contributed by atoms with Crippen LogP contribution in [0.2, 0.25) is 0 Å². The van der Waals surface area contributed by atoms with E-state index in [-0.39, 0.29) is 18.7 Å². The van der Waals surface area contributed by atoms with Gasteiger partial charge in [-0.3, -0.25) is 0 Å². The van der Waals surface area contributed by atoms with Crippen molar-refractivity contribution in [3.05, 3.63) is 35.1 Å². The lowest BCUT2D eigenvalue weighted by Crippen LogP contribution is -2.34. The molecule has 0 spiro atoms. The van der Waals surface area contributed by atoms with Crippen molar-refractivity contribution >= 4 is 0 Å². The first-order valence-corrected chi connectivity index (χ1v) is 5.50. The van der Waals surface area contributed by atoms with Crippen LogP contribution >= 0.6 is 0 Å². The number of benzene rings is 1. The van der Waals surface area contributed by atoms with E-state index >= 15 is 0 Å². The third-order valence-electron chi connectivity index (χ3n) is 2.71. The third kappa shape index (κ3) is 3.44. The Hall–Kier alpha value is -1.07. The summed E-state index contributed by atoms with van der Waals surface area (Å²) in [7, 11) is 0. The lowest BCUT2D eigenvalue weighted by Gasteiger charge is -2.21. The molecule has 0 amide bonds. The summed E-state index contributed by atoms with van der Waals surface area (Å²) in [6.45, 7) is 3.52. The normalized spacial score (nSPS) is 14.7. The first-order chi connectivity index (χ1) is 7.99. The van der Waals surface area contributed by atoms with E-state index in [1.54, 1.807) is 6.92 Å². The summed E-state index contributed by atoms with van der Waals surface area (Å²) in [5.74, 6) is -3.87. The van der Waals surface area contributed by atoms with Gasteiger partial charge in [0.25, 0.3) is 0 Å². The smallest absolute Gasteiger partial charge is 0.194 e. The molecule has 0 bridgehead atoms. The van der Waals surface area contributed by atoms with Crippen molar-refractivity contribution in [1.29, 1.82) is 0 Å². The van der Waals surface area contributed by atoms with Crippen LogP contribution in [0.15, 0.2) is 12.1 Å². The van der Waals surface area contributed by atoms with Crippen molar-refractivity contribution in [2.75, 3.05) is 6.61 Å². The number of nitrogens with one attached hydrogen (secondary N) is 1. The number of hydrogen-bond acceptors (Lipinski definition) is 2. The second-order valence-corrected chi connectivity index (χ2v) is 3.97. The van der Waals surface area contributed by atoms with Gasteiger partial charge in [-0.05, 0) is 31.0 Å². The average molecular weight is 247 g/mol. The summed E-state index contributed by atoms with van der Waals surface area (Å²) in [5.41, 5.74) is 0.313. The highest BCUT2D eigenvalue weighted by molar-refractivity contribution is 5.22. The van der Waals surface area contributed by atoms with Gasteiger partial charge in [-0.1, -0.05) is 6.92 Å². The van der Waals surface area contributed by atoms with E-state index in [4.69, 9.17) is 5.11 Å². The molecular formula is C12H16F3NO. The van der Waals surface area contributed by atoms with Gasteiger partial charge in [0.1, 0.15) is 0 Å². The van der Waals surface area contributed by atoms with E-state index in [1.165, 1.54) is 0 Å². The molecule has 1 aromatic carbocycles. The molecule has 1 aromatic rings. The van der Waals surface area contributed by atoms with E-state index in [9.17, 15) is 13.2 Å². The van der Waals surface area contributed by atoms with Gasteiger partial charge in [0.05, 0.1) is 6.61 Å². The van der Waals surface area contributed by atoms with Crippen molar-refractivity contribution in [3.63, 3.8) is 0 Å². The molecule has 2 nitrogen and oxygen atoms in total. The van der Waals surface area contributed by atoms with Gasteiger partial charge in [0.2, 0.25) is 0 Å². The van der Waals surface area contributed by atoms with Crippen LogP contribution in [-0.2, 0) is 0 Å². The standard InChI is InChI=1S/C12H16F3NO/c1-3-9(6-17)16-7(2)8-4-10(13)12(15)11(14)5-8/h4-5,7,9,16-17H,3,6H2,1-2H3. The van der Waals surface area contributed by atoms with Crippen LogP contribution in [0.25, 0.3) is 0 Å². The van der Waals surface area contributed by atoms with Crippen molar-refractivity contribution < 1.29 is 18.3 Å². The highest BCUT2D eigenvalue weighted by Gasteiger charge is 2.16. The molecule has 1 rings (SSSR count). The number of aliphatic hydroxyl groups is 1. The van der Waals surface area contributed by atoms with Gasteiger partial charge < -0.3 is 10.4 Å². The Morgan fingerprint density at radius 3 is 2.18 bits per heavy atom. The second kappa shape index (κ2) is 6.02. The van der Waals surface area contributed by atoms with Gasteiger partial charge >= 0.3 is 0 Å². The molecule has 0 fully saturated rings. The predicted octanol–water partition coefficient (Wildman–Crippen LogP) is 2.53. The maximum absolute atomic E-state index is 13.0. The molecule has 2 N–H and O–H groups in total. The molecule has 96 valence electrons. The quantitative estimate of drug-likeness (QED) is 0.784. The molecule has 0 saturated heterocycles. The largest absolute Gasteiger partial charge is 0.395 e. The van der Waals surface area contributed by atoms with E-state index in [1.807, 2.05) is 6.92 Å². The lowest BCUT2D eigenvalue weighted by molar-refractivity contribution is 0.230. The zero-order chi connectivity index (χ0) is 13.0. The van der Waals surface area contributed by atoms with Gasteiger partial charge in [-0.15, -0.1) is 0 Å². The fourth-order valence-corrected chi connectivity index (χ4v) is 1.57. The third-order valence-corrected chi connectivity index (χ3v) is 2.71. The summed E-state index contributed by atoms with van der Waals surface area (Å²) in [4.78, 5) is 0. The maximum atomic E-state index is 13.0.